The number of halogens is 2. The predicted octanol–water partition coefficient (Wildman–Crippen LogP) is 3.65. The molecule has 0 aliphatic rings. The van der Waals surface area contributed by atoms with Gasteiger partial charge < -0.3 is 5.73 Å². The lowest BCUT2D eigenvalue weighted by molar-refractivity contribution is 0.594. The molecule has 1 atom stereocenters. The fraction of sp³-hybridized carbons (Fsp3) is 0.143. The molecule has 1 nitrogen and oxygen atoms in total. The Balaban J connectivity index is 2.50. The van der Waals surface area contributed by atoms with Crippen molar-refractivity contribution in [2.45, 2.75) is 13.0 Å². The third kappa shape index (κ3) is 2.50. The van der Waals surface area contributed by atoms with Crippen molar-refractivity contribution in [2.24, 2.45) is 5.73 Å². The molecule has 2 rings (SSSR count). The van der Waals surface area contributed by atoms with Crippen molar-refractivity contribution in [1.82, 2.24) is 0 Å². The van der Waals surface area contributed by atoms with Crippen LogP contribution in [0.5, 0.6) is 0 Å². The van der Waals surface area contributed by atoms with E-state index in [9.17, 15) is 8.78 Å². The van der Waals surface area contributed by atoms with E-state index in [1.807, 2.05) is 0 Å². The lowest BCUT2D eigenvalue weighted by Gasteiger charge is -2.10. The van der Waals surface area contributed by atoms with Gasteiger partial charge in [0, 0.05) is 11.6 Å². The standard InChI is InChI=1S/C14H13F2N/c1-9(17)13-8-11(5-6-14(13)16)10-3-2-4-12(15)7-10/h2-9H,17H2,1H3. The first-order valence-electron chi connectivity index (χ1n) is 5.39. The average molecular weight is 233 g/mol. The van der Waals surface area contributed by atoms with E-state index in [-0.39, 0.29) is 17.7 Å². The van der Waals surface area contributed by atoms with Crippen molar-refractivity contribution in [1.29, 1.82) is 0 Å². The van der Waals surface area contributed by atoms with E-state index >= 15 is 0 Å². The third-order valence-electron chi connectivity index (χ3n) is 2.64. The molecule has 0 fully saturated rings. The van der Waals surface area contributed by atoms with Crippen LogP contribution in [-0.2, 0) is 0 Å². The highest BCUT2D eigenvalue weighted by molar-refractivity contribution is 5.64. The first-order chi connectivity index (χ1) is 8.08. The predicted molar refractivity (Wildman–Crippen MR) is 64.4 cm³/mol. The van der Waals surface area contributed by atoms with E-state index in [4.69, 9.17) is 5.73 Å². The van der Waals surface area contributed by atoms with Gasteiger partial charge in [-0.25, -0.2) is 8.78 Å². The van der Waals surface area contributed by atoms with Crippen molar-refractivity contribution in [2.75, 3.05) is 0 Å². The van der Waals surface area contributed by atoms with Crippen molar-refractivity contribution >= 4 is 0 Å². The Morgan fingerprint density at radius 3 is 2.35 bits per heavy atom. The highest BCUT2D eigenvalue weighted by Crippen LogP contribution is 2.25. The molecule has 0 amide bonds. The molecule has 17 heavy (non-hydrogen) atoms. The number of hydrogen-bond acceptors (Lipinski definition) is 1. The van der Waals surface area contributed by atoms with Gasteiger partial charge in [0.2, 0.25) is 0 Å². The highest BCUT2D eigenvalue weighted by atomic mass is 19.1. The van der Waals surface area contributed by atoms with Crippen molar-refractivity contribution < 1.29 is 8.78 Å². The molecule has 88 valence electrons. The van der Waals surface area contributed by atoms with Crippen LogP contribution >= 0.6 is 0 Å². The van der Waals surface area contributed by atoms with E-state index in [0.29, 0.717) is 11.1 Å². The summed E-state index contributed by atoms with van der Waals surface area (Å²) in [5, 5.41) is 0. The maximum atomic E-state index is 13.5. The van der Waals surface area contributed by atoms with E-state index < -0.39 is 0 Å². The van der Waals surface area contributed by atoms with Gasteiger partial charge in [0.25, 0.3) is 0 Å². The maximum absolute atomic E-state index is 13.5. The second-order valence-electron chi connectivity index (χ2n) is 4.04. The smallest absolute Gasteiger partial charge is 0.128 e. The lowest BCUT2D eigenvalue weighted by Crippen LogP contribution is -2.07. The van der Waals surface area contributed by atoms with Gasteiger partial charge in [-0.2, -0.15) is 0 Å². The summed E-state index contributed by atoms with van der Waals surface area (Å²) in [5.41, 5.74) is 7.59. The Morgan fingerprint density at radius 1 is 1.00 bits per heavy atom. The minimum atomic E-state index is -0.386. The fourth-order valence-electron chi connectivity index (χ4n) is 1.74. The zero-order valence-electron chi connectivity index (χ0n) is 9.45. The summed E-state index contributed by atoms with van der Waals surface area (Å²) >= 11 is 0. The summed E-state index contributed by atoms with van der Waals surface area (Å²) in [7, 11) is 0. The van der Waals surface area contributed by atoms with Crippen LogP contribution in [0.4, 0.5) is 8.78 Å². The summed E-state index contributed by atoms with van der Waals surface area (Å²) < 4.78 is 26.6. The van der Waals surface area contributed by atoms with Gasteiger partial charge in [0.15, 0.2) is 0 Å². The van der Waals surface area contributed by atoms with E-state index in [2.05, 4.69) is 0 Å². The molecule has 2 aromatic carbocycles. The number of hydrogen-bond donors (Lipinski definition) is 1. The van der Waals surface area contributed by atoms with Crippen LogP contribution in [-0.4, -0.2) is 0 Å². The number of nitrogens with two attached hydrogens (primary N) is 1. The average Bonchev–Trinajstić information content (AvgIpc) is 2.29. The summed E-state index contributed by atoms with van der Waals surface area (Å²) in [4.78, 5) is 0. The molecule has 0 radical (unpaired) electrons. The molecule has 0 aliphatic heterocycles. The van der Waals surface area contributed by atoms with Crippen LogP contribution in [0.15, 0.2) is 42.5 Å². The Labute approximate surface area is 98.9 Å². The molecule has 0 saturated heterocycles. The molecular weight excluding hydrogens is 220 g/mol. The molecule has 0 saturated carbocycles. The number of benzene rings is 2. The monoisotopic (exact) mass is 233 g/mol. The van der Waals surface area contributed by atoms with Crippen molar-refractivity contribution in [3.05, 3.63) is 59.7 Å². The minimum absolute atomic E-state index is 0.311. The van der Waals surface area contributed by atoms with Gasteiger partial charge in [-0.1, -0.05) is 18.2 Å². The molecule has 0 aliphatic carbocycles. The first kappa shape index (κ1) is 11.7. The van der Waals surface area contributed by atoms with Gasteiger partial charge in [-0.15, -0.1) is 0 Å². The second kappa shape index (κ2) is 4.63. The van der Waals surface area contributed by atoms with Crippen LogP contribution in [0.1, 0.15) is 18.5 Å². The minimum Gasteiger partial charge on any atom is -0.324 e. The quantitative estimate of drug-likeness (QED) is 0.841. The molecule has 0 spiro atoms. The van der Waals surface area contributed by atoms with E-state index in [1.165, 1.54) is 18.2 Å². The molecule has 3 heteroatoms. The largest absolute Gasteiger partial charge is 0.324 e. The SMILES string of the molecule is CC(N)c1cc(-c2cccc(F)c2)ccc1F. The summed E-state index contributed by atoms with van der Waals surface area (Å²) in [5.74, 6) is -0.644. The Hall–Kier alpha value is -1.74. The van der Waals surface area contributed by atoms with Gasteiger partial charge in [-0.3, -0.25) is 0 Å². The topological polar surface area (TPSA) is 26.0 Å². The van der Waals surface area contributed by atoms with Crippen LogP contribution in [0, 0.1) is 11.6 Å². The Bertz CT molecular complexity index is 535. The summed E-state index contributed by atoms with van der Waals surface area (Å²) in [6.45, 7) is 1.72. The first-order valence-corrected chi connectivity index (χ1v) is 5.39. The molecule has 0 aromatic heterocycles. The summed E-state index contributed by atoms with van der Waals surface area (Å²) in [6.07, 6.45) is 0. The molecular formula is C14H13F2N. The Kier molecular flexibility index (Phi) is 3.20. The molecule has 2 aromatic rings. The van der Waals surface area contributed by atoms with Gasteiger partial charge in [0.05, 0.1) is 0 Å². The van der Waals surface area contributed by atoms with Gasteiger partial charge in [-0.05, 0) is 42.3 Å². The third-order valence-corrected chi connectivity index (χ3v) is 2.64. The zero-order valence-corrected chi connectivity index (χ0v) is 9.45. The highest BCUT2D eigenvalue weighted by Gasteiger charge is 2.09. The molecule has 0 bridgehead atoms. The Morgan fingerprint density at radius 2 is 1.71 bits per heavy atom. The fourth-order valence-corrected chi connectivity index (χ4v) is 1.74. The van der Waals surface area contributed by atoms with Crippen LogP contribution < -0.4 is 5.73 Å². The lowest BCUT2D eigenvalue weighted by atomic mass is 10.00. The van der Waals surface area contributed by atoms with Gasteiger partial charge >= 0.3 is 0 Å². The second-order valence-corrected chi connectivity index (χ2v) is 4.04. The molecule has 2 N–H and O–H groups in total. The van der Waals surface area contributed by atoms with E-state index in [0.717, 1.165) is 5.56 Å². The van der Waals surface area contributed by atoms with Crippen LogP contribution in [0.2, 0.25) is 0 Å². The van der Waals surface area contributed by atoms with Crippen molar-refractivity contribution in [3.63, 3.8) is 0 Å². The van der Waals surface area contributed by atoms with E-state index in [1.54, 1.807) is 31.2 Å². The molecule has 0 heterocycles. The van der Waals surface area contributed by atoms with Crippen LogP contribution in [0.25, 0.3) is 11.1 Å². The molecule has 1 unspecified atom stereocenters. The normalized spacial score (nSPS) is 12.5. The zero-order chi connectivity index (χ0) is 12.4. The van der Waals surface area contributed by atoms with Crippen molar-refractivity contribution in [3.8, 4) is 11.1 Å². The maximum Gasteiger partial charge on any atom is 0.128 e. The van der Waals surface area contributed by atoms with Crippen LogP contribution in [0.3, 0.4) is 0 Å². The summed E-state index contributed by atoms with van der Waals surface area (Å²) in [6, 6.07) is 10.4. The number of rotatable bonds is 2. The van der Waals surface area contributed by atoms with Gasteiger partial charge in [0.1, 0.15) is 11.6 Å².